The van der Waals surface area contributed by atoms with E-state index in [1.165, 1.54) is 25.7 Å². The van der Waals surface area contributed by atoms with Gasteiger partial charge in [0.2, 0.25) is 0 Å². The van der Waals surface area contributed by atoms with Crippen LogP contribution in [0.5, 0.6) is 0 Å². The zero-order valence-electron chi connectivity index (χ0n) is 10.2. The quantitative estimate of drug-likeness (QED) is 0.586. The number of amidine groups is 1. The molecule has 4 nitrogen and oxygen atoms in total. The predicted molar refractivity (Wildman–Crippen MR) is 62.9 cm³/mol. The topological polar surface area (TPSA) is 45.5 Å². The van der Waals surface area contributed by atoms with Crippen molar-refractivity contribution < 1.29 is 9.47 Å². The van der Waals surface area contributed by atoms with E-state index in [9.17, 15) is 0 Å². The molecular weight excluding hydrogens is 204 g/mol. The Kier molecular flexibility index (Phi) is 3.82. The van der Waals surface area contributed by atoms with Gasteiger partial charge in [-0.05, 0) is 12.8 Å². The van der Waals surface area contributed by atoms with Crippen LogP contribution in [0.15, 0.2) is 0 Å². The molecule has 1 saturated heterocycles. The lowest BCUT2D eigenvalue weighted by atomic mass is 10.1. The van der Waals surface area contributed by atoms with Gasteiger partial charge in [-0.2, -0.15) is 0 Å². The van der Waals surface area contributed by atoms with Crippen molar-refractivity contribution in [3.8, 4) is 0 Å². The lowest BCUT2D eigenvalue weighted by Crippen LogP contribution is -2.33. The smallest absolute Gasteiger partial charge is 0.102 e. The van der Waals surface area contributed by atoms with Crippen LogP contribution in [0.1, 0.15) is 25.7 Å². The minimum absolute atomic E-state index is 0.117. The van der Waals surface area contributed by atoms with Gasteiger partial charge in [0.25, 0.3) is 0 Å². The number of hydrogen-bond donors (Lipinski definition) is 1. The zero-order valence-corrected chi connectivity index (χ0v) is 10.2. The van der Waals surface area contributed by atoms with Gasteiger partial charge in [0, 0.05) is 33.2 Å². The van der Waals surface area contributed by atoms with E-state index in [1.807, 2.05) is 0 Å². The van der Waals surface area contributed by atoms with E-state index < -0.39 is 0 Å². The van der Waals surface area contributed by atoms with Crippen LogP contribution in [0.4, 0.5) is 0 Å². The molecule has 2 atom stereocenters. The van der Waals surface area contributed by atoms with Gasteiger partial charge >= 0.3 is 0 Å². The maximum Gasteiger partial charge on any atom is 0.102 e. The standard InChI is InChI=1S/C12H22N2O2/c1-15-10-7-14(8-11(10)16-2)12(13)9-5-3-4-6-9/h9-11,13H,3-8H2,1-2H3. The summed E-state index contributed by atoms with van der Waals surface area (Å²) in [6.07, 6.45) is 5.17. The molecular formula is C12H22N2O2. The van der Waals surface area contributed by atoms with Gasteiger partial charge in [-0.1, -0.05) is 12.8 Å². The first-order chi connectivity index (χ1) is 7.76. The summed E-state index contributed by atoms with van der Waals surface area (Å²) in [6, 6.07) is 0. The first kappa shape index (κ1) is 11.9. The van der Waals surface area contributed by atoms with Crippen molar-refractivity contribution in [2.24, 2.45) is 5.92 Å². The number of ether oxygens (including phenoxy) is 2. The third-order valence-corrected chi connectivity index (χ3v) is 3.90. The van der Waals surface area contributed by atoms with Crippen LogP contribution in [-0.4, -0.2) is 50.3 Å². The summed E-state index contributed by atoms with van der Waals surface area (Å²) in [6.45, 7) is 1.62. The Labute approximate surface area is 97.4 Å². The molecule has 2 aliphatic rings. The summed E-state index contributed by atoms with van der Waals surface area (Å²) in [7, 11) is 3.44. The molecule has 2 rings (SSSR count). The molecule has 1 N–H and O–H groups in total. The molecule has 92 valence electrons. The number of methoxy groups -OCH3 is 2. The number of nitrogens with zero attached hydrogens (tertiary/aromatic N) is 1. The highest BCUT2D eigenvalue weighted by Gasteiger charge is 2.36. The zero-order chi connectivity index (χ0) is 11.5. The summed E-state index contributed by atoms with van der Waals surface area (Å²) < 4.78 is 10.8. The average molecular weight is 226 g/mol. The van der Waals surface area contributed by atoms with E-state index in [-0.39, 0.29) is 12.2 Å². The number of rotatable bonds is 3. The Morgan fingerprint density at radius 1 is 1.06 bits per heavy atom. The summed E-state index contributed by atoms with van der Waals surface area (Å²) in [4.78, 5) is 2.14. The second kappa shape index (κ2) is 5.15. The third kappa shape index (κ3) is 2.23. The average Bonchev–Trinajstić information content (AvgIpc) is 2.96. The fraction of sp³-hybridized carbons (Fsp3) is 0.917. The molecule has 1 aliphatic heterocycles. The molecule has 2 unspecified atom stereocenters. The van der Waals surface area contributed by atoms with Gasteiger partial charge in [0.1, 0.15) is 12.2 Å². The molecule has 1 aliphatic carbocycles. The fourth-order valence-corrected chi connectivity index (χ4v) is 2.85. The second-order valence-corrected chi connectivity index (χ2v) is 4.82. The Hall–Kier alpha value is -0.610. The molecule has 1 saturated carbocycles. The highest BCUT2D eigenvalue weighted by Crippen LogP contribution is 2.28. The molecule has 0 aromatic carbocycles. The van der Waals surface area contributed by atoms with Crippen LogP contribution in [0.2, 0.25) is 0 Å². The summed E-state index contributed by atoms with van der Waals surface area (Å²) in [5, 5.41) is 8.23. The lowest BCUT2D eigenvalue weighted by Gasteiger charge is -2.23. The molecule has 0 aromatic heterocycles. The van der Waals surface area contributed by atoms with Crippen molar-refractivity contribution in [2.75, 3.05) is 27.3 Å². The maximum absolute atomic E-state index is 8.23. The van der Waals surface area contributed by atoms with E-state index in [1.54, 1.807) is 14.2 Å². The van der Waals surface area contributed by atoms with Crippen LogP contribution in [0.3, 0.4) is 0 Å². The Morgan fingerprint density at radius 2 is 1.56 bits per heavy atom. The molecule has 0 spiro atoms. The first-order valence-electron chi connectivity index (χ1n) is 6.15. The third-order valence-electron chi connectivity index (χ3n) is 3.90. The van der Waals surface area contributed by atoms with E-state index >= 15 is 0 Å². The van der Waals surface area contributed by atoms with Crippen molar-refractivity contribution >= 4 is 5.84 Å². The summed E-state index contributed by atoms with van der Waals surface area (Å²) in [5.41, 5.74) is 0. The van der Waals surface area contributed by atoms with Crippen LogP contribution in [-0.2, 0) is 9.47 Å². The van der Waals surface area contributed by atoms with E-state index in [0.29, 0.717) is 5.92 Å². The van der Waals surface area contributed by atoms with Crippen molar-refractivity contribution in [1.29, 1.82) is 5.41 Å². The van der Waals surface area contributed by atoms with Crippen molar-refractivity contribution in [3.05, 3.63) is 0 Å². The monoisotopic (exact) mass is 226 g/mol. The molecule has 0 radical (unpaired) electrons. The van der Waals surface area contributed by atoms with Gasteiger partial charge in [-0.3, -0.25) is 5.41 Å². The number of nitrogens with one attached hydrogen (secondary N) is 1. The SMILES string of the molecule is COC1CN(C(=N)C2CCCC2)CC1OC. The molecule has 4 heteroatoms. The molecule has 1 heterocycles. The predicted octanol–water partition coefficient (Wildman–Crippen LogP) is 1.50. The largest absolute Gasteiger partial charge is 0.377 e. The van der Waals surface area contributed by atoms with Crippen LogP contribution >= 0.6 is 0 Å². The van der Waals surface area contributed by atoms with Gasteiger partial charge in [-0.25, -0.2) is 0 Å². The number of likely N-dealkylation sites (tertiary alicyclic amines) is 1. The van der Waals surface area contributed by atoms with Crippen LogP contribution in [0, 0.1) is 11.3 Å². The Balaban J connectivity index is 1.93. The normalized spacial score (nSPS) is 31.2. The minimum Gasteiger partial charge on any atom is -0.377 e. The highest BCUT2D eigenvalue weighted by atomic mass is 16.5. The summed E-state index contributed by atoms with van der Waals surface area (Å²) >= 11 is 0. The fourth-order valence-electron chi connectivity index (χ4n) is 2.85. The van der Waals surface area contributed by atoms with E-state index in [2.05, 4.69) is 4.90 Å². The first-order valence-corrected chi connectivity index (χ1v) is 6.15. The molecule has 0 bridgehead atoms. The Bertz CT molecular complexity index is 239. The lowest BCUT2D eigenvalue weighted by molar-refractivity contribution is -0.00461. The van der Waals surface area contributed by atoms with Crippen LogP contribution in [0.25, 0.3) is 0 Å². The Morgan fingerprint density at radius 3 is 2.00 bits per heavy atom. The van der Waals surface area contributed by atoms with Crippen molar-refractivity contribution in [1.82, 2.24) is 4.90 Å². The van der Waals surface area contributed by atoms with Crippen molar-refractivity contribution in [2.45, 2.75) is 37.9 Å². The molecule has 0 amide bonds. The van der Waals surface area contributed by atoms with Gasteiger partial charge in [0.05, 0.1) is 5.84 Å². The van der Waals surface area contributed by atoms with Gasteiger partial charge in [-0.15, -0.1) is 0 Å². The van der Waals surface area contributed by atoms with E-state index in [0.717, 1.165) is 18.9 Å². The highest BCUT2D eigenvalue weighted by molar-refractivity contribution is 5.82. The van der Waals surface area contributed by atoms with Crippen molar-refractivity contribution in [3.63, 3.8) is 0 Å². The van der Waals surface area contributed by atoms with Gasteiger partial charge < -0.3 is 14.4 Å². The van der Waals surface area contributed by atoms with E-state index in [4.69, 9.17) is 14.9 Å². The maximum atomic E-state index is 8.23. The minimum atomic E-state index is 0.117. The molecule has 2 fully saturated rings. The summed E-state index contributed by atoms with van der Waals surface area (Å²) in [5.74, 6) is 1.28. The second-order valence-electron chi connectivity index (χ2n) is 4.82. The molecule has 16 heavy (non-hydrogen) atoms. The van der Waals surface area contributed by atoms with Crippen LogP contribution < -0.4 is 0 Å². The molecule has 0 aromatic rings. The van der Waals surface area contributed by atoms with Gasteiger partial charge in [0.15, 0.2) is 0 Å². The number of hydrogen-bond acceptors (Lipinski definition) is 3.